The van der Waals surface area contributed by atoms with Crippen LogP contribution in [0.15, 0.2) is 54.1 Å². The number of rotatable bonds is 9. The second-order valence-electron chi connectivity index (χ2n) is 6.93. The second kappa shape index (κ2) is 11.3. The van der Waals surface area contributed by atoms with Crippen molar-refractivity contribution in [2.75, 3.05) is 27.9 Å². The molecule has 1 heterocycles. The summed E-state index contributed by atoms with van der Waals surface area (Å²) in [5.41, 5.74) is 1.98. The van der Waals surface area contributed by atoms with Gasteiger partial charge < -0.3 is 23.5 Å². The number of amides is 1. The molecule has 0 atom stereocenters. The normalized spacial score (nSPS) is 11.6. The minimum Gasteiger partial charge on any atom is -0.493 e. The van der Waals surface area contributed by atoms with Crippen molar-refractivity contribution in [3.8, 4) is 17.2 Å². The molecule has 3 rings (SSSR count). The van der Waals surface area contributed by atoms with Gasteiger partial charge in [0, 0.05) is 12.6 Å². The van der Waals surface area contributed by atoms with Gasteiger partial charge in [-0.25, -0.2) is 4.79 Å². The number of allylic oxidation sites excluding steroid dienone is 1. The Labute approximate surface area is 201 Å². The van der Waals surface area contributed by atoms with Crippen molar-refractivity contribution in [2.24, 2.45) is 4.99 Å². The van der Waals surface area contributed by atoms with Gasteiger partial charge in [0.25, 0.3) is 5.91 Å². The largest absolute Gasteiger partial charge is 0.493 e. The molecule has 0 bridgehead atoms. The molecule has 3 aromatic rings. The van der Waals surface area contributed by atoms with E-state index in [4.69, 9.17) is 18.9 Å². The number of nitrogens with zero attached hydrogens (tertiary/aromatic N) is 2. The summed E-state index contributed by atoms with van der Waals surface area (Å²) in [5.74, 6) is 0.601. The molecule has 0 aliphatic rings. The fourth-order valence-corrected chi connectivity index (χ4v) is 4.39. The monoisotopic (exact) mass is 482 g/mol. The molecule has 34 heavy (non-hydrogen) atoms. The SMILES string of the molecule is C=CCn1c(=NC(=O)/C=C\c2cc(OC)c(OC)c(OC)c2)sc2cc(C(=O)OCC)ccc21. The van der Waals surface area contributed by atoms with Gasteiger partial charge in [-0.1, -0.05) is 17.4 Å². The topological polar surface area (TPSA) is 88.4 Å². The van der Waals surface area contributed by atoms with Crippen LogP contribution in [0.5, 0.6) is 17.2 Å². The minimum atomic E-state index is -0.441. The molecule has 0 aliphatic carbocycles. The van der Waals surface area contributed by atoms with Crippen molar-refractivity contribution >= 4 is 39.5 Å². The van der Waals surface area contributed by atoms with E-state index in [1.807, 2.05) is 10.6 Å². The van der Waals surface area contributed by atoms with Crippen LogP contribution in [0.25, 0.3) is 16.3 Å². The lowest BCUT2D eigenvalue weighted by Gasteiger charge is -2.12. The molecule has 8 nitrogen and oxygen atoms in total. The highest BCUT2D eigenvalue weighted by Crippen LogP contribution is 2.38. The number of hydrogen-bond acceptors (Lipinski definition) is 7. The lowest BCUT2D eigenvalue weighted by molar-refractivity contribution is -0.113. The third-order valence-corrected chi connectivity index (χ3v) is 5.86. The standard InChI is InChI=1S/C25H26N2O6S/c1-6-12-27-18-10-9-17(24(29)33-7-2)15-21(18)34-25(27)26-22(28)11-8-16-13-19(30-3)23(32-5)20(14-16)31-4/h6,8-11,13-15H,1,7,12H2,2-5H3/b11-8-,26-25?. The average Bonchev–Trinajstić information content (AvgIpc) is 3.18. The summed E-state index contributed by atoms with van der Waals surface area (Å²) in [6.07, 6.45) is 4.72. The van der Waals surface area contributed by atoms with E-state index < -0.39 is 11.9 Å². The van der Waals surface area contributed by atoms with Crippen LogP contribution in [0, 0.1) is 0 Å². The molecule has 0 saturated carbocycles. The quantitative estimate of drug-likeness (QED) is 0.258. The fraction of sp³-hybridized carbons (Fsp3) is 0.240. The first-order valence-corrected chi connectivity index (χ1v) is 11.3. The van der Waals surface area contributed by atoms with Crippen LogP contribution in [0.3, 0.4) is 0 Å². The first kappa shape index (κ1) is 24.8. The molecule has 0 fully saturated rings. The van der Waals surface area contributed by atoms with Gasteiger partial charge in [0.1, 0.15) is 0 Å². The number of carbonyl (C=O) groups excluding carboxylic acids is 2. The van der Waals surface area contributed by atoms with Crippen molar-refractivity contribution in [1.29, 1.82) is 0 Å². The van der Waals surface area contributed by atoms with E-state index in [-0.39, 0.29) is 0 Å². The zero-order valence-electron chi connectivity index (χ0n) is 19.5. The maximum atomic E-state index is 12.7. The molecule has 0 saturated heterocycles. The summed E-state index contributed by atoms with van der Waals surface area (Å²) >= 11 is 1.31. The first-order chi connectivity index (χ1) is 16.4. The zero-order chi connectivity index (χ0) is 24.7. The molecule has 0 radical (unpaired) electrons. The second-order valence-corrected chi connectivity index (χ2v) is 7.94. The van der Waals surface area contributed by atoms with Crippen LogP contribution in [-0.4, -0.2) is 44.4 Å². The third kappa shape index (κ3) is 5.37. The number of carbonyl (C=O) groups is 2. The smallest absolute Gasteiger partial charge is 0.338 e. The van der Waals surface area contributed by atoms with E-state index in [9.17, 15) is 9.59 Å². The van der Waals surface area contributed by atoms with Crippen molar-refractivity contribution < 1.29 is 28.5 Å². The molecule has 0 aliphatic heterocycles. The fourth-order valence-electron chi connectivity index (χ4n) is 3.30. The van der Waals surface area contributed by atoms with Gasteiger partial charge in [0.15, 0.2) is 16.3 Å². The number of esters is 1. The Morgan fingerprint density at radius 2 is 1.79 bits per heavy atom. The number of hydrogen-bond donors (Lipinski definition) is 0. The molecule has 9 heteroatoms. The van der Waals surface area contributed by atoms with Gasteiger partial charge in [-0.3, -0.25) is 4.79 Å². The van der Waals surface area contributed by atoms with E-state index >= 15 is 0 Å². The summed E-state index contributed by atoms with van der Waals surface area (Å²) in [6.45, 7) is 6.30. The molecule has 178 valence electrons. The Morgan fingerprint density at radius 3 is 2.38 bits per heavy atom. The Hall–Kier alpha value is -3.85. The van der Waals surface area contributed by atoms with E-state index in [2.05, 4.69) is 11.6 Å². The average molecular weight is 483 g/mol. The maximum Gasteiger partial charge on any atom is 0.338 e. The number of methoxy groups -OCH3 is 3. The van der Waals surface area contributed by atoms with Crippen LogP contribution in [0.2, 0.25) is 0 Å². The Balaban J connectivity index is 1.97. The lowest BCUT2D eigenvalue weighted by Crippen LogP contribution is -2.15. The number of ether oxygens (including phenoxy) is 4. The number of aromatic nitrogens is 1. The van der Waals surface area contributed by atoms with Crippen LogP contribution in [0.1, 0.15) is 22.8 Å². The summed E-state index contributed by atoms with van der Waals surface area (Å²) in [6, 6.07) is 8.73. The molecule has 0 N–H and O–H groups in total. The van der Waals surface area contributed by atoms with Crippen LogP contribution in [0.4, 0.5) is 0 Å². The summed E-state index contributed by atoms with van der Waals surface area (Å²) < 4.78 is 23.8. The molecule has 1 aromatic heterocycles. The van der Waals surface area contributed by atoms with Crippen LogP contribution < -0.4 is 19.0 Å². The number of thiazole rings is 1. The van der Waals surface area contributed by atoms with E-state index in [0.29, 0.717) is 46.3 Å². The molecule has 0 spiro atoms. The van der Waals surface area contributed by atoms with Crippen molar-refractivity contribution in [1.82, 2.24) is 4.57 Å². The van der Waals surface area contributed by atoms with E-state index in [1.165, 1.54) is 38.7 Å². The van der Waals surface area contributed by atoms with E-state index in [1.54, 1.807) is 43.3 Å². The van der Waals surface area contributed by atoms with Crippen molar-refractivity contribution in [2.45, 2.75) is 13.5 Å². The van der Waals surface area contributed by atoms with Gasteiger partial charge in [-0.2, -0.15) is 4.99 Å². The van der Waals surface area contributed by atoms with Crippen LogP contribution in [-0.2, 0) is 16.1 Å². The summed E-state index contributed by atoms with van der Waals surface area (Å²) in [5, 5.41) is 0. The van der Waals surface area contributed by atoms with Crippen LogP contribution >= 0.6 is 11.3 Å². The number of fused-ring (bicyclic) bond motifs is 1. The predicted octanol–water partition coefficient (Wildman–Crippen LogP) is 4.23. The van der Waals surface area contributed by atoms with Crippen molar-refractivity contribution in [3.63, 3.8) is 0 Å². The molecule has 2 aromatic carbocycles. The van der Waals surface area contributed by atoms with Gasteiger partial charge in [-0.05, 0) is 48.9 Å². The molecule has 1 amide bonds. The van der Waals surface area contributed by atoms with Gasteiger partial charge in [0.2, 0.25) is 5.75 Å². The van der Waals surface area contributed by atoms with Gasteiger partial charge >= 0.3 is 5.97 Å². The third-order valence-electron chi connectivity index (χ3n) is 4.82. The van der Waals surface area contributed by atoms with Gasteiger partial charge in [-0.15, -0.1) is 6.58 Å². The maximum absolute atomic E-state index is 12.7. The highest BCUT2D eigenvalue weighted by atomic mass is 32.1. The highest BCUT2D eigenvalue weighted by Gasteiger charge is 2.13. The summed E-state index contributed by atoms with van der Waals surface area (Å²) in [4.78, 5) is 29.5. The van der Waals surface area contributed by atoms with E-state index in [0.717, 1.165) is 10.2 Å². The lowest BCUT2D eigenvalue weighted by atomic mass is 10.1. The molecular weight excluding hydrogens is 456 g/mol. The first-order valence-electron chi connectivity index (χ1n) is 10.4. The molecular formula is C25H26N2O6S. The Morgan fingerprint density at radius 1 is 1.09 bits per heavy atom. The summed E-state index contributed by atoms with van der Waals surface area (Å²) in [7, 11) is 4.58. The minimum absolute atomic E-state index is 0.297. The Kier molecular flexibility index (Phi) is 8.26. The molecule has 0 unspecified atom stereocenters. The Bertz CT molecular complexity index is 1290. The van der Waals surface area contributed by atoms with Gasteiger partial charge in [0.05, 0.1) is 43.7 Å². The highest BCUT2D eigenvalue weighted by molar-refractivity contribution is 7.16. The zero-order valence-corrected chi connectivity index (χ0v) is 20.3. The number of benzene rings is 2. The predicted molar refractivity (Wildman–Crippen MR) is 132 cm³/mol. The van der Waals surface area contributed by atoms with Crippen molar-refractivity contribution in [3.05, 3.63) is 65.0 Å².